The van der Waals surface area contributed by atoms with Gasteiger partial charge in [0.05, 0.1) is 11.6 Å². The third-order valence-corrected chi connectivity index (χ3v) is 1.84. The molecule has 0 fully saturated rings. The first-order valence-electron chi connectivity index (χ1n) is 3.40. The third kappa shape index (κ3) is 1.84. The minimum Gasteiger partial charge on any atom is -0.276 e. The van der Waals surface area contributed by atoms with Crippen LogP contribution in [-0.4, -0.2) is 12.2 Å². The fourth-order valence-corrected chi connectivity index (χ4v) is 0.937. The number of aliphatic imine (C=N–C) groups is 1. The van der Waals surface area contributed by atoms with E-state index < -0.39 is 0 Å². The van der Waals surface area contributed by atoms with E-state index in [4.69, 9.17) is 16.9 Å². The highest BCUT2D eigenvalue weighted by Crippen LogP contribution is 2.06. The number of halogens is 1. The zero-order valence-corrected chi connectivity index (χ0v) is 7.34. The molecule has 1 aromatic carbocycles. The fourth-order valence-electron chi connectivity index (χ4n) is 0.811. The van der Waals surface area contributed by atoms with Crippen LogP contribution in [0.25, 0.3) is 0 Å². The number of hydrogen-bond acceptors (Lipinski definition) is 2. The molecule has 0 unspecified atom stereocenters. The predicted molar refractivity (Wildman–Crippen MR) is 49.5 cm³/mol. The Morgan fingerprint density at radius 1 is 1.42 bits per heavy atom. The van der Waals surface area contributed by atoms with E-state index in [1.54, 1.807) is 31.3 Å². The fraction of sp³-hybridized carbons (Fsp3) is 0.111. The van der Waals surface area contributed by atoms with Crippen molar-refractivity contribution >= 4 is 16.8 Å². The van der Waals surface area contributed by atoms with Crippen LogP contribution in [0, 0.1) is 11.3 Å². The highest BCUT2D eigenvalue weighted by molar-refractivity contribution is 6.69. The quantitative estimate of drug-likeness (QED) is 0.608. The van der Waals surface area contributed by atoms with Crippen LogP contribution < -0.4 is 0 Å². The van der Waals surface area contributed by atoms with E-state index in [2.05, 4.69) is 4.99 Å². The SMILES string of the molecule is C/N=C(\Cl)c1ccc(C#N)cc1. The number of benzene rings is 1. The van der Waals surface area contributed by atoms with Gasteiger partial charge in [-0.3, -0.25) is 4.99 Å². The molecule has 0 amide bonds. The second-order valence-corrected chi connectivity index (χ2v) is 2.56. The van der Waals surface area contributed by atoms with Gasteiger partial charge in [-0.25, -0.2) is 0 Å². The van der Waals surface area contributed by atoms with Gasteiger partial charge in [0, 0.05) is 12.6 Å². The Morgan fingerprint density at radius 3 is 2.42 bits per heavy atom. The molecular weight excluding hydrogens is 172 g/mol. The molecule has 0 N–H and O–H groups in total. The van der Waals surface area contributed by atoms with Gasteiger partial charge in [0.25, 0.3) is 0 Å². The predicted octanol–water partition coefficient (Wildman–Crippen LogP) is 2.17. The smallest absolute Gasteiger partial charge is 0.130 e. The van der Waals surface area contributed by atoms with Crippen LogP contribution in [0.3, 0.4) is 0 Å². The molecule has 3 heteroatoms. The second kappa shape index (κ2) is 3.89. The number of hydrogen-bond donors (Lipinski definition) is 0. The Hall–Kier alpha value is -1.33. The molecule has 0 aliphatic carbocycles. The van der Waals surface area contributed by atoms with Crippen LogP contribution in [0.5, 0.6) is 0 Å². The van der Waals surface area contributed by atoms with Gasteiger partial charge in [-0.1, -0.05) is 23.7 Å². The van der Waals surface area contributed by atoms with Gasteiger partial charge in [-0.15, -0.1) is 0 Å². The van der Waals surface area contributed by atoms with Gasteiger partial charge < -0.3 is 0 Å². The van der Waals surface area contributed by atoms with E-state index in [-0.39, 0.29) is 0 Å². The van der Waals surface area contributed by atoms with Gasteiger partial charge in [-0.05, 0) is 12.1 Å². The van der Waals surface area contributed by atoms with Gasteiger partial charge in [-0.2, -0.15) is 5.26 Å². The van der Waals surface area contributed by atoms with Crippen molar-refractivity contribution in [2.75, 3.05) is 7.05 Å². The lowest BCUT2D eigenvalue weighted by atomic mass is 10.2. The topological polar surface area (TPSA) is 36.1 Å². The molecule has 1 rings (SSSR count). The van der Waals surface area contributed by atoms with Gasteiger partial charge in [0.15, 0.2) is 0 Å². The van der Waals surface area contributed by atoms with Crippen molar-refractivity contribution in [3.8, 4) is 6.07 Å². The minimum absolute atomic E-state index is 0.458. The molecule has 12 heavy (non-hydrogen) atoms. The molecule has 0 heterocycles. The van der Waals surface area contributed by atoms with Crippen LogP contribution in [0.2, 0.25) is 0 Å². The third-order valence-electron chi connectivity index (χ3n) is 1.45. The Kier molecular flexibility index (Phi) is 2.84. The summed E-state index contributed by atoms with van der Waals surface area (Å²) < 4.78 is 0. The first-order valence-corrected chi connectivity index (χ1v) is 3.78. The molecule has 0 spiro atoms. The molecule has 0 aliphatic rings. The summed E-state index contributed by atoms with van der Waals surface area (Å²) in [7, 11) is 1.63. The van der Waals surface area contributed by atoms with E-state index in [9.17, 15) is 0 Å². The Labute approximate surface area is 76.1 Å². The van der Waals surface area contributed by atoms with Crippen LogP contribution in [0.4, 0.5) is 0 Å². The number of rotatable bonds is 1. The normalized spacial score (nSPS) is 10.9. The molecular formula is C9H7ClN2. The summed E-state index contributed by atoms with van der Waals surface area (Å²) in [5.41, 5.74) is 1.46. The summed E-state index contributed by atoms with van der Waals surface area (Å²) in [5.74, 6) is 0. The Bertz CT molecular complexity index is 333. The number of nitriles is 1. The maximum atomic E-state index is 8.51. The molecule has 0 saturated heterocycles. The largest absolute Gasteiger partial charge is 0.276 e. The van der Waals surface area contributed by atoms with E-state index in [1.165, 1.54) is 0 Å². The van der Waals surface area contributed by atoms with Gasteiger partial charge in [0.1, 0.15) is 5.17 Å². The lowest BCUT2D eigenvalue weighted by Crippen LogP contribution is -1.89. The summed E-state index contributed by atoms with van der Waals surface area (Å²) in [4.78, 5) is 3.81. The summed E-state index contributed by atoms with van der Waals surface area (Å²) in [6.07, 6.45) is 0. The molecule has 0 bridgehead atoms. The van der Waals surface area contributed by atoms with Crippen molar-refractivity contribution in [1.82, 2.24) is 0 Å². The molecule has 60 valence electrons. The molecule has 0 atom stereocenters. The summed E-state index contributed by atoms with van der Waals surface area (Å²) in [6.45, 7) is 0. The molecule has 0 aromatic heterocycles. The van der Waals surface area contributed by atoms with Crippen molar-refractivity contribution in [3.05, 3.63) is 35.4 Å². The van der Waals surface area contributed by atoms with E-state index in [1.807, 2.05) is 6.07 Å². The lowest BCUT2D eigenvalue weighted by Gasteiger charge is -1.95. The standard InChI is InChI=1S/C9H7ClN2/c1-12-9(10)8-4-2-7(6-11)3-5-8/h2-5H,1H3/b12-9-. The van der Waals surface area contributed by atoms with Gasteiger partial charge >= 0.3 is 0 Å². The zero-order valence-electron chi connectivity index (χ0n) is 6.58. The number of nitrogens with zero attached hydrogens (tertiary/aromatic N) is 2. The van der Waals surface area contributed by atoms with E-state index in [0.717, 1.165) is 5.56 Å². The molecule has 2 nitrogen and oxygen atoms in total. The van der Waals surface area contributed by atoms with Gasteiger partial charge in [0.2, 0.25) is 0 Å². The zero-order chi connectivity index (χ0) is 8.97. The molecule has 0 saturated carbocycles. The summed E-state index contributed by atoms with van der Waals surface area (Å²) >= 11 is 5.75. The first kappa shape index (κ1) is 8.76. The average Bonchev–Trinajstić information content (AvgIpc) is 2.17. The Balaban J connectivity index is 3.02. The molecule has 1 aromatic rings. The van der Waals surface area contributed by atoms with Crippen molar-refractivity contribution in [1.29, 1.82) is 5.26 Å². The van der Waals surface area contributed by atoms with Crippen molar-refractivity contribution in [2.24, 2.45) is 4.99 Å². The average molecular weight is 179 g/mol. The van der Waals surface area contributed by atoms with E-state index >= 15 is 0 Å². The second-order valence-electron chi connectivity index (χ2n) is 2.20. The van der Waals surface area contributed by atoms with Crippen LogP contribution >= 0.6 is 11.6 Å². The molecule has 0 radical (unpaired) electrons. The maximum Gasteiger partial charge on any atom is 0.130 e. The van der Waals surface area contributed by atoms with Crippen LogP contribution in [-0.2, 0) is 0 Å². The minimum atomic E-state index is 0.458. The first-order chi connectivity index (χ1) is 5.77. The summed E-state index contributed by atoms with van der Waals surface area (Å²) in [6, 6.07) is 8.99. The monoisotopic (exact) mass is 178 g/mol. The lowest BCUT2D eigenvalue weighted by molar-refractivity contribution is 1.44. The molecule has 0 aliphatic heterocycles. The highest BCUT2D eigenvalue weighted by atomic mass is 35.5. The van der Waals surface area contributed by atoms with Crippen LogP contribution in [0.1, 0.15) is 11.1 Å². The maximum absolute atomic E-state index is 8.51. The van der Waals surface area contributed by atoms with E-state index in [0.29, 0.717) is 10.7 Å². The van der Waals surface area contributed by atoms with Crippen LogP contribution in [0.15, 0.2) is 29.3 Å². The van der Waals surface area contributed by atoms with Crippen molar-refractivity contribution < 1.29 is 0 Å². The Morgan fingerprint density at radius 2 is 2.00 bits per heavy atom. The van der Waals surface area contributed by atoms with Crippen molar-refractivity contribution in [2.45, 2.75) is 0 Å². The summed E-state index contributed by atoms with van der Waals surface area (Å²) in [5, 5.41) is 8.97. The van der Waals surface area contributed by atoms with Crippen molar-refractivity contribution in [3.63, 3.8) is 0 Å². The highest BCUT2D eigenvalue weighted by Gasteiger charge is 1.97.